The van der Waals surface area contributed by atoms with E-state index in [1.165, 1.54) is 30.3 Å². The summed E-state index contributed by atoms with van der Waals surface area (Å²) in [5, 5.41) is 11.1. The molecule has 2 aromatic carbocycles. The van der Waals surface area contributed by atoms with Crippen LogP contribution in [0.5, 0.6) is 0 Å². The Hall–Kier alpha value is -2.76. The molecule has 0 saturated carbocycles. The van der Waals surface area contributed by atoms with E-state index in [9.17, 15) is 18.4 Å². The first-order valence-electron chi connectivity index (χ1n) is 6.04. The summed E-state index contributed by atoms with van der Waals surface area (Å²) in [5.74, 6) is -3.49. The lowest BCUT2D eigenvalue weighted by Crippen LogP contribution is -2.18. The third-order valence-electron chi connectivity index (χ3n) is 2.82. The molecule has 0 saturated heterocycles. The number of benzene rings is 2. The average molecular weight is 291 g/mol. The lowest BCUT2D eigenvalue weighted by atomic mass is 10.1. The molecule has 6 heteroatoms. The number of carboxylic acids is 1. The number of carboxylic acid groups (broad SMARTS) is 1. The molecule has 2 aromatic rings. The smallest absolute Gasteiger partial charge is 0.337 e. The van der Waals surface area contributed by atoms with Gasteiger partial charge in [0.25, 0.3) is 0 Å². The van der Waals surface area contributed by atoms with Crippen molar-refractivity contribution in [1.29, 1.82) is 0 Å². The van der Waals surface area contributed by atoms with Gasteiger partial charge in [-0.05, 0) is 23.8 Å². The Morgan fingerprint density at radius 1 is 1.00 bits per heavy atom. The van der Waals surface area contributed by atoms with Crippen LogP contribution >= 0.6 is 0 Å². The fourth-order valence-corrected chi connectivity index (χ4v) is 1.83. The van der Waals surface area contributed by atoms with E-state index in [1.807, 2.05) is 0 Å². The van der Waals surface area contributed by atoms with Crippen molar-refractivity contribution in [3.63, 3.8) is 0 Å². The number of carbonyl (C=O) groups excluding carboxylic acids is 1. The number of halogens is 2. The van der Waals surface area contributed by atoms with Crippen LogP contribution in [0.25, 0.3) is 0 Å². The molecule has 21 heavy (non-hydrogen) atoms. The summed E-state index contributed by atoms with van der Waals surface area (Å²) in [4.78, 5) is 22.8. The van der Waals surface area contributed by atoms with Crippen molar-refractivity contribution in [3.8, 4) is 0 Å². The number of amides is 1. The Bertz CT molecular complexity index is 701. The maximum absolute atomic E-state index is 13.6. The van der Waals surface area contributed by atoms with Crippen LogP contribution in [0, 0.1) is 11.6 Å². The largest absolute Gasteiger partial charge is 0.478 e. The van der Waals surface area contributed by atoms with Crippen LogP contribution in [-0.2, 0) is 11.2 Å². The van der Waals surface area contributed by atoms with Crippen molar-refractivity contribution < 1.29 is 23.5 Å². The second kappa shape index (κ2) is 6.13. The molecule has 0 aliphatic carbocycles. The molecule has 0 fully saturated rings. The molecular formula is C15H11F2NO3. The second-order valence-corrected chi connectivity index (χ2v) is 4.28. The summed E-state index contributed by atoms with van der Waals surface area (Å²) in [6, 6.07) is 9.11. The molecule has 0 aliphatic heterocycles. The molecule has 0 atom stereocenters. The maximum Gasteiger partial charge on any atom is 0.337 e. The summed E-state index contributed by atoms with van der Waals surface area (Å²) in [6.07, 6.45) is -0.319. The normalized spacial score (nSPS) is 10.2. The van der Waals surface area contributed by atoms with Gasteiger partial charge >= 0.3 is 5.97 Å². The first kappa shape index (κ1) is 14.6. The zero-order valence-corrected chi connectivity index (χ0v) is 10.8. The predicted molar refractivity (Wildman–Crippen MR) is 72.1 cm³/mol. The molecule has 108 valence electrons. The Labute approximate surface area is 119 Å². The van der Waals surface area contributed by atoms with E-state index in [4.69, 9.17) is 5.11 Å². The summed E-state index contributed by atoms with van der Waals surface area (Å²) in [5.41, 5.74) is -0.647. The first-order valence-corrected chi connectivity index (χ1v) is 6.04. The molecule has 0 heterocycles. The maximum atomic E-state index is 13.6. The van der Waals surface area contributed by atoms with Crippen LogP contribution in [0.4, 0.5) is 14.5 Å². The van der Waals surface area contributed by atoms with Crippen molar-refractivity contribution in [2.45, 2.75) is 6.42 Å². The third-order valence-corrected chi connectivity index (χ3v) is 2.82. The number of rotatable bonds is 4. The number of carbonyl (C=O) groups is 2. The van der Waals surface area contributed by atoms with Crippen molar-refractivity contribution in [1.82, 2.24) is 0 Å². The van der Waals surface area contributed by atoms with Gasteiger partial charge < -0.3 is 10.4 Å². The van der Waals surface area contributed by atoms with Gasteiger partial charge in [-0.3, -0.25) is 4.79 Å². The highest BCUT2D eigenvalue weighted by Gasteiger charge is 2.17. The fourth-order valence-electron chi connectivity index (χ4n) is 1.83. The molecule has 0 radical (unpaired) electrons. The molecule has 0 aliphatic rings. The van der Waals surface area contributed by atoms with Crippen molar-refractivity contribution in [2.24, 2.45) is 0 Å². The van der Waals surface area contributed by atoms with Gasteiger partial charge in [-0.15, -0.1) is 0 Å². The Kier molecular flexibility index (Phi) is 4.27. The van der Waals surface area contributed by atoms with Crippen LogP contribution in [0.1, 0.15) is 15.9 Å². The monoisotopic (exact) mass is 291 g/mol. The zero-order chi connectivity index (χ0) is 15.4. The molecule has 0 aromatic heterocycles. The van der Waals surface area contributed by atoms with Gasteiger partial charge in [0, 0.05) is 0 Å². The van der Waals surface area contributed by atoms with Gasteiger partial charge in [-0.1, -0.05) is 24.3 Å². The molecule has 2 rings (SSSR count). The highest BCUT2D eigenvalue weighted by molar-refractivity contribution is 6.01. The van der Waals surface area contributed by atoms with Gasteiger partial charge in [0.1, 0.15) is 11.6 Å². The number of hydrogen-bond acceptors (Lipinski definition) is 2. The number of hydrogen-bond donors (Lipinski definition) is 2. The Morgan fingerprint density at radius 3 is 2.33 bits per heavy atom. The third kappa shape index (κ3) is 3.42. The van der Waals surface area contributed by atoms with Gasteiger partial charge in [0.05, 0.1) is 17.7 Å². The van der Waals surface area contributed by atoms with Crippen LogP contribution in [0.15, 0.2) is 42.5 Å². The van der Waals surface area contributed by atoms with E-state index >= 15 is 0 Å². The lowest BCUT2D eigenvalue weighted by Gasteiger charge is -2.09. The minimum atomic E-state index is -1.37. The van der Waals surface area contributed by atoms with Crippen LogP contribution in [0.3, 0.4) is 0 Å². The molecule has 0 spiro atoms. The number of aromatic carboxylic acids is 1. The van der Waals surface area contributed by atoms with Crippen LogP contribution < -0.4 is 5.32 Å². The minimum absolute atomic E-state index is 0.142. The Morgan fingerprint density at radius 2 is 1.67 bits per heavy atom. The van der Waals surface area contributed by atoms with Crippen LogP contribution in [-0.4, -0.2) is 17.0 Å². The summed E-state index contributed by atoms with van der Waals surface area (Å²) < 4.78 is 27.1. The predicted octanol–water partition coefficient (Wildman–Crippen LogP) is 2.84. The second-order valence-electron chi connectivity index (χ2n) is 4.28. The summed E-state index contributed by atoms with van der Waals surface area (Å²) >= 11 is 0. The van der Waals surface area contributed by atoms with Crippen LogP contribution in [0.2, 0.25) is 0 Å². The molecule has 2 N–H and O–H groups in total. The minimum Gasteiger partial charge on any atom is -0.478 e. The summed E-state index contributed by atoms with van der Waals surface area (Å²) in [6.45, 7) is 0. The summed E-state index contributed by atoms with van der Waals surface area (Å²) in [7, 11) is 0. The highest BCUT2D eigenvalue weighted by Crippen LogP contribution is 2.20. The number of para-hydroxylation sites is 1. The number of anilines is 1. The van der Waals surface area contributed by atoms with Gasteiger partial charge in [0.15, 0.2) is 0 Å². The topological polar surface area (TPSA) is 66.4 Å². The van der Waals surface area contributed by atoms with Crippen molar-refractivity contribution >= 4 is 17.6 Å². The first-order chi connectivity index (χ1) is 9.99. The lowest BCUT2D eigenvalue weighted by molar-refractivity contribution is -0.115. The van der Waals surface area contributed by atoms with E-state index in [1.54, 1.807) is 6.07 Å². The number of nitrogens with one attached hydrogen (secondary N) is 1. The highest BCUT2D eigenvalue weighted by atomic mass is 19.1. The quantitative estimate of drug-likeness (QED) is 0.910. The van der Waals surface area contributed by atoms with E-state index in [-0.39, 0.29) is 17.5 Å². The van der Waals surface area contributed by atoms with Crippen molar-refractivity contribution in [3.05, 3.63) is 65.2 Å². The van der Waals surface area contributed by atoms with E-state index in [0.717, 1.165) is 6.07 Å². The van der Waals surface area contributed by atoms with E-state index < -0.39 is 29.2 Å². The van der Waals surface area contributed by atoms with E-state index in [2.05, 4.69) is 5.32 Å². The zero-order valence-electron chi connectivity index (χ0n) is 10.8. The molecule has 0 unspecified atom stereocenters. The molecule has 0 bridgehead atoms. The van der Waals surface area contributed by atoms with Gasteiger partial charge in [0.2, 0.25) is 5.91 Å². The van der Waals surface area contributed by atoms with E-state index in [0.29, 0.717) is 0 Å². The molecular weight excluding hydrogens is 280 g/mol. The standard InChI is InChI=1S/C15H11F2NO3/c16-11-6-2-1-4-9(11)8-13(19)18-14-10(15(20)21)5-3-7-12(14)17/h1-7H,8H2,(H,18,19)(H,20,21). The van der Waals surface area contributed by atoms with Gasteiger partial charge in [-0.25, -0.2) is 13.6 Å². The van der Waals surface area contributed by atoms with Gasteiger partial charge in [-0.2, -0.15) is 0 Å². The van der Waals surface area contributed by atoms with Crippen molar-refractivity contribution in [2.75, 3.05) is 5.32 Å². The molecule has 1 amide bonds. The SMILES string of the molecule is O=C(Cc1ccccc1F)Nc1c(F)cccc1C(=O)O. The average Bonchev–Trinajstić information content (AvgIpc) is 2.43. The molecule has 4 nitrogen and oxygen atoms in total. The Balaban J connectivity index is 2.21. The fraction of sp³-hybridized carbons (Fsp3) is 0.0667.